The molecule has 0 radical (unpaired) electrons. The molecule has 3 N–H and O–H groups in total. The van der Waals surface area contributed by atoms with E-state index in [0.717, 1.165) is 5.56 Å². The van der Waals surface area contributed by atoms with Crippen molar-refractivity contribution in [2.75, 3.05) is 12.4 Å². The van der Waals surface area contributed by atoms with E-state index >= 15 is 0 Å². The minimum atomic E-state index is -0.187. The maximum absolute atomic E-state index is 12.2. The summed E-state index contributed by atoms with van der Waals surface area (Å²) >= 11 is 4.88. The van der Waals surface area contributed by atoms with Gasteiger partial charge in [-0.15, -0.1) is 0 Å². The highest BCUT2D eigenvalue weighted by atomic mass is 32.1. The van der Waals surface area contributed by atoms with Gasteiger partial charge in [-0.3, -0.25) is 4.79 Å². The average Bonchev–Trinajstić information content (AvgIpc) is 2.47. The summed E-state index contributed by atoms with van der Waals surface area (Å²) in [6.45, 7) is 0. The van der Waals surface area contributed by atoms with Gasteiger partial charge in [0, 0.05) is 23.7 Å². The lowest BCUT2D eigenvalue weighted by molar-refractivity contribution is 0.102. The number of rotatable bonds is 5. The van der Waals surface area contributed by atoms with Crippen LogP contribution in [0.3, 0.4) is 0 Å². The van der Waals surface area contributed by atoms with Gasteiger partial charge in [-0.2, -0.15) is 0 Å². The molecule has 0 heterocycles. The van der Waals surface area contributed by atoms with Crippen LogP contribution in [0, 0.1) is 0 Å². The number of methoxy groups -OCH3 is 1. The molecule has 2 aromatic carbocycles. The fourth-order valence-electron chi connectivity index (χ4n) is 1.93. The van der Waals surface area contributed by atoms with Crippen molar-refractivity contribution in [2.24, 2.45) is 5.73 Å². The van der Waals surface area contributed by atoms with Gasteiger partial charge in [0.2, 0.25) is 0 Å². The summed E-state index contributed by atoms with van der Waals surface area (Å²) < 4.78 is 5.13. The second-order valence-corrected chi connectivity index (χ2v) is 5.05. The number of hydrogen-bond acceptors (Lipinski definition) is 3. The number of ether oxygens (including phenoxy) is 1. The van der Waals surface area contributed by atoms with E-state index in [4.69, 9.17) is 22.7 Å². The molecule has 0 saturated carbocycles. The van der Waals surface area contributed by atoms with Gasteiger partial charge in [0.1, 0.15) is 5.75 Å². The van der Waals surface area contributed by atoms with Gasteiger partial charge < -0.3 is 15.8 Å². The standard InChI is InChI=1S/C16H16N2O2S/c1-20-14-7-3-6-13(10-14)18-16(19)12-5-2-4-11(8-12)9-15(17)21/h2-8,10H,9H2,1H3,(H2,17,21)(H,18,19). The molecule has 5 heteroatoms. The van der Waals surface area contributed by atoms with Crippen molar-refractivity contribution in [1.29, 1.82) is 0 Å². The Morgan fingerprint density at radius 2 is 2.00 bits per heavy atom. The number of anilines is 1. The quantitative estimate of drug-likeness (QED) is 0.833. The van der Waals surface area contributed by atoms with Crippen LogP contribution in [-0.4, -0.2) is 18.0 Å². The lowest BCUT2D eigenvalue weighted by atomic mass is 10.1. The molecule has 21 heavy (non-hydrogen) atoms. The van der Waals surface area contributed by atoms with Gasteiger partial charge >= 0.3 is 0 Å². The Balaban J connectivity index is 2.14. The molecule has 0 saturated heterocycles. The first-order valence-corrected chi connectivity index (χ1v) is 6.82. The van der Waals surface area contributed by atoms with Crippen molar-refractivity contribution in [1.82, 2.24) is 0 Å². The van der Waals surface area contributed by atoms with Crippen LogP contribution in [-0.2, 0) is 6.42 Å². The fourth-order valence-corrected chi connectivity index (χ4v) is 2.09. The molecule has 1 amide bonds. The van der Waals surface area contributed by atoms with Crippen LogP contribution in [0.1, 0.15) is 15.9 Å². The number of carbonyl (C=O) groups excluding carboxylic acids is 1. The van der Waals surface area contributed by atoms with Gasteiger partial charge in [0.05, 0.1) is 12.1 Å². The Kier molecular flexibility index (Phi) is 4.90. The zero-order valence-electron chi connectivity index (χ0n) is 11.6. The summed E-state index contributed by atoms with van der Waals surface area (Å²) in [5.41, 5.74) is 7.68. The summed E-state index contributed by atoms with van der Waals surface area (Å²) in [6, 6.07) is 14.4. The number of hydrogen-bond donors (Lipinski definition) is 2. The van der Waals surface area contributed by atoms with Crippen LogP contribution in [0.2, 0.25) is 0 Å². The predicted molar refractivity (Wildman–Crippen MR) is 87.9 cm³/mol. The Morgan fingerprint density at radius 1 is 1.24 bits per heavy atom. The minimum Gasteiger partial charge on any atom is -0.497 e. The van der Waals surface area contributed by atoms with Gasteiger partial charge in [0.25, 0.3) is 5.91 Å². The highest BCUT2D eigenvalue weighted by Gasteiger charge is 2.07. The number of benzene rings is 2. The third-order valence-electron chi connectivity index (χ3n) is 2.90. The summed E-state index contributed by atoms with van der Waals surface area (Å²) in [7, 11) is 1.58. The Hall–Kier alpha value is -2.40. The van der Waals surface area contributed by atoms with Crippen LogP contribution in [0.4, 0.5) is 5.69 Å². The fraction of sp³-hybridized carbons (Fsp3) is 0.125. The smallest absolute Gasteiger partial charge is 0.255 e. The molecule has 0 aliphatic heterocycles. The molecule has 0 fully saturated rings. The number of nitrogens with one attached hydrogen (secondary N) is 1. The zero-order chi connectivity index (χ0) is 15.2. The topological polar surface area (TPSA) is 64.3 Å². The number of amides is 1. The minimum absolute atomic E-state index is 0.187. The van der Waals surface area contributed by atoms with Crippen molar-refractivity contribution < 1.29 is 9.53 Å². The van der Waals surface area contributed by atoms with Gasteiger partial charge in [-0.05, 0) is 29.8 Å². The van der Waals surface area contributed by atoms with Crippen LogP contribution in [0.25, 0.3) is 0 Å². The zero-order valence-corrected chi connectivity index (χ0v) is 12.4. The molecule has 0 aliphatic rings. The second-order valence-electron chi connectivity index (χ2n) is 4.53. The van der Waals surface area contributed by atoms with Crippen LogP contribution >= 0.6 is 12.2 Å². The first kappa shape index (κ1) is 15.0. The molecule has 2 rings (SSSR count). The van der Waals surface area contributed by atoms with E-state index in [9.17, 15) is 4.79 Å². The maximum atomic E-state index is 12.2. The molecule has 0 aromatic heterocycles. The van der Waals surface area contributed by atoms with Crippen molar-refractivity contribution in [3.8, 4) is 5.75 Å². The number of thiocarbonyl (C=S) groups is 1. The van der Waals surface area contributed by atoms with Crippen LogP contribution in [0.15, 0.2) is 48.5 Å². The highest BCUT2D eigenvalue weighted by molar-refractivity contribution is 7.80. The first-order chi connectivity index (χ1) is 10.1. The molecule has 4 nitrogen and oxygen atoms in total. The summed E-state index contributed by atoms with van der Waals surface area (Å²) in [5, 5.41) is 2.83. The normalized spacial score (nSPS) is 9.95. The Bertz CT molecular complexity index is 671. The lowest BCUT2D eigenvalue weighted by Crippen LogP contribution is -2.14. The highest BCUT2D eigenvalue weighted by Crippen LogP contribution is 2.17. The Morgan fingerprint density at radius 3 is 2.71 bits per heavy atom. The summed E-state index contributed by atoms with van der Waals surface area (Å²) in [4.78, 5) is 12.6. The van der Waals surface area contributed by atoms with Crippen LogP contribution < -0.4 is 15.8 Å². The maximum Gasteiger partial charge on any atom is 0.255 e. The third kappa shape index (κ3) is 4.29. The van der Waals surface area contributed by atoms with E-state index in [-0.39, 0.29) is 5.91 Å². The van der Waals surface area contributed by atoms with Crippen molar-refractivity contribution >= 4 is 28.8 Å². The van der Waals surface area contributed by atoms with Gasteiger partial charge in [-0.1, -0.05) is 30.4 Å². The van der Waals surface area contributed by atoms with E-state index in [1.807, 2.05) is 24.3 Å². The van der Waals surface area contributed by atoms with E-state index in [1.165, 1.54) is 0 Å². The van der Waals surface area contributed by atoms with E-state index < -0.39 is 0 Å². The van der Waals surface area contributed by atoms with Crippen molar-refractivity contribution in [2.45, 2.75) is 6.42 Å². The third-order valence-corrected chi connectivity index (χ3v) is 3.04. The molecule has 0 bridgehead atoms. The number of nitrogens with two attached hydrogens (primary N) is 1. The molecule has 108 valence electrons. The summed E-state index contributed by atoms with van der Waals surface area (Å²) in [5.74, 6) is 0.503. The monoisotopic (exact) mass is 300 g/mol. The Labute approximate surface area is 128 Å². The molecule has 0 unspecified atom stereocenters. The second kappa shape index (κ2) is 6.85. The van der Waals surface area contributed by atoms with Crippen molar-refractivity contribution in [3.63, 3.8) is 0 Å². The molecule has 2 aromatic rings. The molecular formula is C16H16N2O2S. The van der Waals surface area contributed by atoms with Crippen molar-refractivity contribution in [3.05, 3.63) is 59.7 Å². The largest absolute Gasteiger partial charge is 0.497 e. The van der Waals surface area contributed by atoms with Gasteiger partial charge in [0.15, 0.2) is 0 Å². The predicted octanol–water partition coefficient (Wildman–Crippen LogP) is 2.78. The molecule has 0 spiro atoms. The first-order valence-electron chi connectivity index (χ1n) is 6.41. The van der Waals surface area contributed by atoms with Gasteiger partial charge in [-0.25, -0.2) is 0 Å². The summed E-state index contributed by atoms with van der Waals surface area (Å²) in [6.07, 6.45) is 0.482. The molecular weight excluding hydrogens is 284 g/mol. The lowest BCUT2D eigenvalue weighted by Gasteiger charge is -2.08. The molecule has 0 aliphatic carbocycles. The van der Waals surface area contributed by atoms with Crippen LogP contribution in [0.5, 0.6) is 5.75 Å². The number of carbonyl (C=O) groups is 1. The molecule has 0 atom stereocenters. The van der Waals surface area contributed by atoms with E-state index in [0.29, 0.717) is 28.4 Å². The van der Waals surface area contributed by atoms with E-state index in [2.05, 4.69) is 5.32 Å². The SMILES string of the molecule is COc1cccc(NC(=O)c2cccc(CC(N)=S)c2)c1. The average molecular weight is 300 g/mol. The van der Waals surface area contributed by atoms with E-state index in [1.54, 1.807) is 31.4 Å².